The third kappa shape index (κ3) is 2.73. The molecule has 0 aliphatic carbocycles. The quantitative estimate of drug-likeness (QED) is 0.492. The summed E-state index contributed by atoms with van der Waals surface area (Å²) in [5, 5.41) is 0. The fourth-order valence-corrected chi connectivity index (χ4v) is 10.9. The zero-order chi connectivity index (χ0) is 13.9. The lowest BCUT2D eigenvalue weighted by Crippen LogP contribution is -2.28. The van der Waals surface area contributed by atoms with Crippen molar-refractivity contribution in [2.45, 2.75) is 35.3 Å². The molecule has 3 heteroatoms. The molecule has 0 fully saturated rings. The topological polar surface area (TPSA) is 0 Å². The SMILES string of the molecule is CC(C)(C)S(BI)(c1ccccc1)c1ccccc1. The summed E-state index contributed by atoms with van der Waals surface area (Å²) in [5.41, 5.74) is 0. The highest BCUT2D eigenvalue weighted by Gasteiger charge is 2.39. The summed E-state index contributed by atoms with van der Waals surface area (Å²) >= 11 is 2.57. The van der Waals surface area contributed by atoms with Crippen molar-refractivity contribution in [2.24, 2.45) is 0 Å². The van der Waals surface area contributed by atoms with Crippen LogP contribution < -0.4 is 0 Å². The van der Waals surface area contributed by atoms with Crippen LogP contribution >= 0.6 is 32.3 Å². The first-order chi connectivity index (χ1) is 9.02. The summed E-state index contributed by atoms with van der Waals surface area (Å²) in [6.07, 6.45) is 0. The van der Waals surface area contributed by atoms with Crippen molar-refractivity contribution < 1.29 is 0 Å². The van der Waals surface area contributed by atoms with Crippen LogP contribution in [0.4, 0.5) is 0 Å². The highest BCUT2D eigenvalue weighted by Crippen LogP contribution is 2.69. The van der Waals surface area contributed by atoms with E-state index in [0.29, 0.717) is 0 Å². The van der Waals surface area contributed by atoms with Crippen LogP contribution in [-0.4, -0.2) is 9.16 Å². The van der Waals surface area contributed by atoms with Gasteiger partial charge in [0.1, 0.15) is 0 Å². The maximum absolute atomic E-state index is 2.57. The fourth-order valence-electron chi connectivity index (χ4n) is 2.44. The van der Waals surface area contributed by atoms with Gasteiger partial charge in [0, 0.05) is 0 Å². The van der Waals surface area contributed by atoms with Crippen LogP contribution in [0.25, 0.3) is 0 Å². The third-order valence-electron chi connectivity index (χ3n) is 3.50. The Morgan fingerprint density at radius 2 is 1.16 bits per heavy atom. The maximum Gasteiger partial charge on any atom is 0.257 e. The monoisotopic (exact) mass is 382 g/mol. The molecule has 0 nitrogen and oxygen atoms in total. The van der Waals surface area contributed by atoms with Crippen LogP contribution in [0.3, 0.4) is 0 Å². The van der Waals surface area contributed by atoms with Crippen LogP contribution in [0.1, 0.15) is 20.8 Å². The van der Waals surface area contributed by atoms with E-state index in [1.165, 1.54) is 9.79 Å². The predicted molar refractivity (Wildman–Crippen MR) is 97.9 cm³/mol. The molecule has 0 aliphatic rings. The first-order valence-corrected chi connectivity index (χ1v) is 9.82. The Kier molecular flexibility index (Phi) is 4.67. The molecule has 0 bridgehead atoms. The molecule has 0 radical (unpaired) electrons. The second-order valence-corrected chi connectivity index (χ2v) is 11.3. The molecule has 0 saturated carbocycles. The molecule has 19 heavy (non-hydrogen) atoms. The van der Waals surface area contributed by atoms with Gasteiger partial charge in [-0.2, -0.15) is 0 Å². The van der Waals surface area contributed by atoms with Gasteiger partial charge in [0.15, 0.2) is 0 Å². The van der Waals surface area contributed by atoms with Crippen molar-refractivity contribution >= 4 is 36.7 Å². The number of halogens is 1. The van der Waals surface area contributed by atoms with E-state index < -0.39 is 9.88 Å². The molecule has 0 aliphatic heterocycles. The number of hydrogen-bond donors (Lipinski definition) is 0. The summed E-state index contributed by atoms with van der Waals surface area (Å²) in [7, 11) is -1.02. The molecular weight excluding hydrogens is 362 g/mol. The standard InChI is InChI=1S/C16H20BIS/c1-16(2,3)19(17-18,14-10-6-4-7-11-14)15-12-8-5-9-13-15/h4-13,17H,1-3H3. The number of rotatable bonds is 3. The van der Waals surface area contributed by atoms with Gasteiger partial charge in [-0.3, -0.25) is 0 Å². The first-order valence-electron chi connectivity index (χ1n) is 6.49. The van der Waals surface area contributed by atoms with Crippen molar-refractivity contribution in [3.63, 3.8) is 0 Å². The number of hydrogen-bond acceptors (Lipinski definition) is 0. The molecule has 2 aromatic carbocycles. The second kappa shape index (κ2) is 5.92. The normalized spacial score (nSPS) is 13.1. The Labute approximate surface area is 132 Å². The highest BCUT2D eigenvalue weighted by molar-refractivity contribution is 14.1. The van der Waals surface area contributed by atoms with Crippen molar-refractivity contribution in [3.8, 4) is 0 Å². The molecule has 0 atom stereocenters. The van der Waals surface area contributed by atoms with Crippen molar-refractivity contribution in [2.75, 3.05) is 0 Å². The zero-order valence-electron chi connectivity index (χ0n) is 11.8. The van der Waals surface area contributed by atoms with Gasteiger partial charge in [-0.1, -0.05) is 81.4 Å². The molecule has 0 unspecified atom stereocenters. The Morgan fingerprint density at radius 1 is 0.789 bits per heavy atom. The van der Waals surface area contributed by atoms with Gasteiger partial charge >= 0.3 is 0 Å². The highest BCUT2D eigenvalue weighted by atomic mass is 127. The van der Waals surface area contributed by atoms with E-state index in [9.17, 15) is 0 Å². The smallest absolute Gasteiger partial charge is 0.205 e. The van der Waals surface area contributed by atoms with Crippen molar-refractivity contribution in [1.29, 1.82) is 0 Å². The van der Waals surface area contributed by atoms with Gasteiger partial charge in [-0.25, -0.2) is 9.88 Å². The lowest BCUT2D eigenvalue weighted by Gasteiger charge is -2.50. The van der Waals surface area contributed by atoms with E-state index in [-0.39, 0.29) is 4.75 Å². The molecule has 0 saturated heterocycles. The predicted octanol–water partition coefficient (Wildman–Crippen LogP) is 5.41. The van der Waals surface area contributed by atoms with Gasteiger partial charge in [-0.05, 0) is 14.5 Å². The van der Waals surface area contributed by atoms with Crippen molar-refractivity contribution in [1.82, 2.24) is 0 Å². The second-order valence-electron chi connectivity index (χ2n) is 5.59. The maximum atomic E-state index is 2.57. The van der Waals surface area contributed by atoms with Crippen LogP contribution in [0, 0.1) is 0 Å². The zero-order valence-corrected chi connectivity index (χ0v) is 14.7. The Bertz CT molecular complexity index is 480. The minimum Gasteiger partial charge on any atom is -0.205 e. The summed E-state index contributed by atoms with van der Waals surface area (Å²) in [6, 6.07) is 22.1. The van der Waals surface area contributed by atoms with E-state index in [4.69, 9.17) is 0 Å². The molecule has 100 valence electrons. The van der Waals surface area contributed by atoms with Crippen molar-refractivity contribution in [3.05, 3.63) is 60.7 Å². The molecule has 0 spiro atoms. The summed E-state index contributed by atoms with van der Waals surface area (Å²) < 4.78 is 1.40. The third-order valence-corrected chi connectivity index (χ3v) is 10.9. The van der Waals surface area contributed by atoms with Gasteiger partial charge in [0.05, 0.1) is 0 Å². The van der Waals surface area contributed by atoms with E-state index in [0.717, 1.165) is 4.41 Å². The molecule has 2 rings (SSSR count). The van der Waals surface area contributed by atoms with E-state index in [1.807, 2.05) is 0 Å². The summed E-state index contributed by atoms with van der Waals surface area (Å²) in [6.45, 7) is 7.13. The first kappa shape index (κ1) is 15.0. The van der Waals surface area contributed by atoms with Crippen LogP contribution in [-0.2, 0) is 0 Å². The average molecular weight is 382 g/mol. The minimum atomic E-state index is -1.02. The molecule has 2 aromatic rings. The largest absolute Gasteiger partial charge is 0.257 e. The van der Waals surface area contributed by atoms with Crippen LogP contribution in [0.15, 0.2) is 70.5 Å². The van der Waals surface area contributed by atoms with Gasteiger partial charge in [-0.15, -0.1) is 22.4 Å². The summed E-state index contributed by atoms with van der Waals surface area (Å²) in [4.78, 5) is 2.98. The Balaban J connectivity index is 2.70. The lowest BCUT2D eigenvalue weighted by molar-refractivity contribution is 0.787. The molecular formula is C16H20BIS. The van der Waals surface area contributed by atoms with E-state index in [1.54, 1.807) is 0 Å². The molecule has 0 N–H and O–H groups in total. The number of benzene rings is 2. The summed E-state index contributed by atoms with van der Waals surface area (Å²) in [5.74, 6) is 0. The van der Waals surface area contributed by atoms with E-state index in [2.05, 4.69) is 104 Å². The Morgan fingerprint density at radius 3 is 1.42 bits per heavy atom. The molecule has 0 aromatic heterocycles. The van der Waals surface area contributed by atoms with Gasteiger partial charge < -0.3 is 0 Å². The van der Waals surface area contributed by atoms with Crippen LogP contribution in [0.5, 0.6) is 0 Å². The Hall–Kier alpha value is -0.415. The van der Waals surface area contributed by atoms with Crippen LogP contribution in [0.2, 0.25) is 0 Å². The molecule has 0 heterocycles. The van der Waals surface area contributed by atoms with E-state index >= 15 is 0 Å². The minimum absolute atomic E-state index is 0.247. The molecule has 0 amide bonds. The average Bonchev–Trinajstić information content (AvgIpc) is 2.41. The fraction of sp³-hybridized carbons (Fsp3) is 0.250. The van der Waals surface area contributed by atoms with Gasteiger partial charge in [0.25, 0.3) is 4.41 Å². The van der Waals surface area contributed by atoms with Gasteiger partial charge in [0.2, 0.25) is 0 Å². The lowest BCUT2D eigenvalue weighted by atomic mass is 10.2.